The fourth-order valence-corrected chi connectivity index (χ4v) is 2.85. The van der Waals surface area contributed by atoms with Crippen LogP contribution in [0.25, 0.3) is 21.8 Å². The molecule has 0 unspecified atom stereocenters. The molecule has 7 heteroatoms. The molecule has 2 aromatic heterocycles. The van der Waals surface area contributed by atoms with Gasteiger partial charge in [-0.15, -0.1) is 5.10 Å². The van der Waals surface area contributed by atoms with E-state index in [2.05, 4.69) is 20.5 Å². The first-order valence-corrected chi connectivity index (χ1v) is 7.75. The molecule has 4 rings (SSSR count). The Hall–Kier alpha value is -3.35. The van der Waals surface area contributed by atoms with Crippen LogP contribution >= 0.6 is 0 Å². The van der Waals surface area contributed by atoms with Crippen LogP contribution in [0.3, 0.4) is 0 Å². The first-order valence-electron chi connectivity index (χ1n) is 7.75. The summed E-state index contributed by atoms with van der Waals surface area (Å²) < 4.78 is 12.7. The van der Waals surface area contributed by atoms with E-state index in [0.717, 1.165) is 27.5 Å². The van der Waals surface area contributed by atoms with Crippen LogP contribution in [-0.2, 0) is 7.05 Å². The van der Waals surface area contributed by atoms with Crippen molar-refractivity contribution in [2.45, 2.75) is 0 Å². The number of aromatic nitrogens is 4. The molecule has 0 saturated carbocycles. The Morgan fingerprint density at radius 1 is 1.04 bits per heavy atom. The third kappa shape index (κ3) is 2.59. The molecule has 0 aliphatic carbocycles. The van der Waals surface area contributed by atoms with E-state index in [1.165, 1.54) is 0 Å². The van der Waals surface area contributed by atoms with Gasteiger partial charge in [-0.25, -0.2) is 4.98 Å². The van der Waals surface area contributed by atoms with Crippen LogP contribution < -0.4 is 14.8 Å². The highest BCUT2D eigenvalue weighted by atomic mass is 16.5. The molecule has 0 aliphatic heterocycles. The van der Waals surface area contributed by atoms with Crippen LogP contribution in [0.15, 0.2) is 42.9 Å². The number of rotatable bonds is 4. The maximum absolute atomic E-state index is 5.40. The zero-order valence-electron chi connectivity index (χ0n) is 14.1. The Bertz CT molecular complexity index is 1070. The van der Waals surface area contributed by atoms with Gasteiger partial charge in [0, 0.05) is 23.5 Å². The Labute approximate surface area is 144 Å². The number of imidazole rings is 1. The molecule has 0 atom stereocenters. The Kier molecular flexibility index (Phi) is 3.61. The lowest BCUT2D eigenvalue weighted by Gasteiger charge is -2.12. The molecule has 0 spiro atoms. The van der Waals surface area contributed by atoms with Gasteiger partial charge >= 0.3 is 0 Å². The summed E-state index contributed by atoms with van der Waals surface area (Å²) in [4.78, 5) is 4.38. The van der Waals surface area contributed by atoms with Crippen molar-refractivity contribution >= 4 is 33.3 Å². The van der Waals surface area contributed by atoms with Gasteiger partial charge in [0.15, 0.2) is 17.3 Å². The fraction of sp³-hybridized carbons (Fsp3) is 0.167. The van der Waals surface area contributed by atoms with E-state index < -0.39 is 0 Å². The van der Waals surface area contributed by atoms with Crippen LogP contribution in [0.5, 0.6) is 11.5 Å². The van der Waals surface area contributed by atoms with Crippen LogP contribution in [0, 0.1) is 0 Å². The van der Waals surface area contributed by atoms with Gasteiger partial charge in [-0.2, -0.15) is 5.10 Å². The van der Waals surface area contributed by atoms with Gasteiger partial charge in [0.1, 0.15) is 0 Å². The second-order valence-corrected chi connectivity index (χ2v) is 5.67. The maximum atomic E-state index is 5.40. The summed E-state index contributed by atoms with van der Waals surface area (Å²) in [5.74, 6) is 1.95. The molecule has 0 bridgehead atoms. The van der Waals surface area contributed by atoms with Gasteiger partial charge in [0.2, 0.25) is 0 Å². The molecule has 126 valence electrons. The second kappa shape index (κ2) is 5.94. The highest BCUT2D eigenvalue weighted by molar-refractivity contribution is 5.95. The highest BCUT2D eigenvalue weighted by Gasteiger charge is 2.11. The average molecular weight is 335 g/mol. The number of fused-ring (bicyclic) bond motifs is 2. The minimum atomic E-state index is 0.645. The van der Waals surface area contributed by atoms with Crippen LogP contribution in [0.1, 0.15) is 0 Å². The van der Waals surface area contributed by atoms with Crippen molar-refractivity contribution in [2.24, 2.45) is 7.05 Å². The molecule has 0 amide bonds. The third-order valence-electron chi connectivity index (χ3n) is 4.15. The van der Waals surface area contributed by atoms with Gasteiger partial charge in [-0.1, -0.05) is 0 Å². The number of benzene rings is 2. The number of methoxy groups -OCH3 is 2. The lowest BCUT2D eigenvalue weighted by atomic mass is 10.1. The minimum absolute atomic E-state index is 0.645. The summed E-state index contributed by atoms with van der Waals surface area (Å²) in [7, 11) is 5.19. The lowest BCUT2D eigenvalue weighted by Crippen LogP contribution is -1.98. The topological polar surface area (TPSA) is 74.1 Å². The van der Waals surface area contributed by atoms with Gasteiger partial charge in [0.25, 0.3) is 0 Å². The fourth-order valence-electron chi connectivity index (χ4n) is 2.85. The summed E-state index contributed by atoms with van der Waals surface area (Å²) in [6.07, 6.45) is 3.49. The third-order valence-corrected chi connectivity index (χ3v) is 4.15. The lowest BCUT2D eigenvalue weighted by molar-refractivity contribution is 0.356. The van der Waals surface area contributed by atoms with Gasteiger partial charge in [-0.3, -0.25) is 0 Å². The molecule has 1 N–H and O–H groups in total. The zero-order chi connectivity index (χ0) is 17.4. The molecule has 2 aromatic carbocycles. The summed E-state index contributed by atoms with van der Waals surface area (Å²) in [6, 6.07) is 9.77. The van der Waals surface area contributed by atoms with Crippen LogP contribution in [0.4, 0.5) is 11.5 Å². The number of hydrogen-bond donors (Lipinski definition) is 1. The molecule has 4 aromatic rings. The van der Waals surface area contributed by atoms with Crippen molar-refractivity contribution in [3.63, 3.8) is 0 Å². The van der Waals surface area contributed by atoms with E-state index >= 15 is 0 Å². The van der Waals surface area contributed by atoms with Gasteiger partial charge < -0.3 is 19.4 Å². The Balaban J connectivity index is 1.79. The van der Waals surface area contributed by atoms with Gasteiger partial charge in [-0.05, 0) is 30.3 Å². The molecular weight excluding hydrogens is 318 g/mol. The molecule has 0 radical (unpaired) electrons. The molecule has 25 heavy (non-hydrogen) atoms. The Morgan fingerprint density at radius 2 is 1.84 bits per heavy atom. The number of ether oxygens (including phenoxy) is 2. The molecule has 2 heterocycles. The van der Waals surface area contributed by atoms with E-state index in [1.807, 2.05) is 41.9 Å². The van der Waals surface area contributed by atoms with E-state index in [1.54, 1.807) is 26.7 Å². The average Bonchev–Trinajstić information content (AvgIpc) is 3.01. The molecule has 0 aliphatic rings. The highest BCUT2D eigenvalue weighted by Crippen LogP contribution is 2.35. The minimum Gasteiger partial charge on any atom is -0.493 e. The van der Waals surface area contributed by atoms with Crippen molar-refractivity contribution in [3.8, 4) is 11.5 Å². The normalized spacial score (nSPS) is 11.0. The zero-order valence-corrected chi connectivity index (χ0v) is 14.1. The van der Waals surface area contributed by atoms with Crippen LogP contribution in [-0.4, -0.2) is 34.0 Å². The molecule has 0 saturated heterocycles. The monoisotopic (exact) mass is 335 g/mol. The smallest absolute Gasteiger partial charge is 0.161 e. The van der Waals surface area contributed by atoms with E-state index in [9.17, 15) is 0 Å². The maximum Gasteiger partial charge on any atom is 0.161 e. The van der Waals surface area contributed by atoms with Crippen molar-refractivity contribution in [1.29, 1.82) is 0 Å². The molecule has 7 nitrogen and oxygen atoms in total. The van der Waals surface area contributed by atoms with E-state index in [-0.39, 0.29) is 0 Å². The first-order chi connectivity index (χ1) is 12.2. The van der Waals surface area contributed by atoms with Gasteiger partial charge in [0.05, 0.1) is 37.8 Å². The number of nitrogens with one attached hydrogen (secondary N) is 1. The van der Waals surface area contributed by atoms with E-state index in [0.29, 0.717) is 17.3 Å². The quantitative estimate of drug-likeness (QED) is 0.617. The first kappa shape index (κ1) is 15.2. The predicted octanol–water partition coefficient (Wildman–Crippen LogP) is 3.28. The van der Waals surface area contributed by atoms with Crippen molar-refractivity contribution < 1.29 is 9.47 Å². The number of aryl methyl sites for hydroxylation is 1. The molecule has 0 fully saturated rings. The summed E-state index contributed by atoms with van der Waals surface area (Å²) in [5, 5.41) is 13.4. The van der Waals surface area contributed by atoms with Crippen molar-refractivity contribution in [1.82, 2.24) is 19.7 Å². The van der Waals surface area contributed by atoms with Crippen molar-refractivity contribution in [2.75, 3.05) is 19.5 Å². The molecular formula is C18H17N5O2. The van der Waals surface area contributed by atoms with Crippen LogP contribution in [0.2, 0.25) is 0 Å². The standard InChI is InChI=1S/C18H17N5O2/c1-23-10-19-14-7-12(4-5-15(14)23)21-18-13-8-17(25-3)16(24-2)6-11(13)9-20-22-18/h4-10H,1-3H3,(H,21,22). The van der Waals surface area contributed by atoms with E-state index in [4.69, 9.17) is 9.47 Å². The number of anilines is 2. The number of hydrogen-bond acceptors (Lipinski definition) is 6. The summed E-state index contributed by atoms with van der Waals surface area (Å²) >= 11 is 0. The number of nitrogens with zero attached hydrogens (tertiary/aromatic N) is 4. The predicted molar refractivity (Wildman–Crippen MR) is 96.6 cm³/mol. The largest absolute Gasteiger partial charge is 0.493 e. The second-order valence-electron chi connectivity index (χ2n) is 5.67. The summed E-state index contributed by atoms with van der Waals surface area (Å²) in [5.41, 5.74) is 2.88. The Morgan fingerprint density at radius 3 is 2.64 bits per heavy atom. The SMILES string of the molecule is COc1cc2cnnc(Nc3ccc4c(c3)ncn4C)c2cc1OC. The summed E-state index contributed by atoms with van der Waals surface area (Å²) in [6.45, 7) is 0. The van der Waals surface area contributed by atoms with Crippen molar-refractivity contribution in [3.05, 3.63) is 42.9 Å².